The van der Waals surface area contributed by atoms with E-state index in [9.17, 15) is 25.0 Å². The van der Waals surface area contributed by atoms with Crippen molar-refractivity contribution < 1.29 is 33.9 Å². The van der Waals surface area contributed by atoms with Crippen molar-refractivity contribution >= 4 is 11.9 Å². The number of hydroxylamine groups is 3. The molecule has 2 saturated heterocycles. The average Bonchev–Trinajstić information content (AvgIpc) is 2.99. The molecule has 3 rings (SSSR count). The summed E-state index contributed by atoms with van der Waals surface area (Å²) in [5, 5.41) is 34.0. The molecule has 24 heavy (non-hydrogen) atoms. The minimum atomic E-state index is -2.32. The smallest absolute Gasteiger partial charge is 0.341 e. The van der Waals surface area contributed by atoms with Crippen LogP contribution in [0.1, 0.15) is 27.2 Å². The number of rotatable bonds is 0. The second-order valence-corrected chi connectivity index (χ2v) is 7.36. The Morgan fingerprint density at radius 1 is 1.33 bits per heavy atom. The predicted molar refractivity (Wildman–Crippen MR) is 81.1 cm³/mol. The van der Waals surface area contributed by atoms with Gasteiger partial charge in [-0.2, -0.15) is 0 Å². The topological polar surface area (TPSA) is 116 Å². The maximum atomic E-state index is 12.8. The monoisotopic (exact) mass is 341 g/mol. The van der Waals surface area contributed by atoms with E-state index < -0.39 is 45.9 Å². The quantitative estimate of drug-likeness (QED) is 0.267. The standard InChI is InChI=1S/C16H23NO7/c1-9-13(18)23-8-10-4-6-17(22)7-5-11(12(10)17)24-14(19)16(3,21)15(9,2)20/h4,9,11-12,20-21H,5-8H2,1-3H3. The molecule has 134 valence electrons. The summed E-state index contributed by atoms with van der Waals surface area (Å²) >= 11 is 0. The molecular formula is C16H23NO7. The van der Waals surface area contributed by atoms with Gasteiger partial charge < -0.3 is 29.5 Å². The average molecular weight is 341 g/mol. The molecule has 6 atom stereocenters. The summed E-state index contributed by atoms with van der Waals surface area (Å²) < 4.78 is 10.1. The molecule has 8 heteroatoms. The lowest BCUT2D eigenvalue weighted by Gasteiger charge is -2.41. The van der Waals surface area contributed by atoms with Crippen LogP contribution < -0.4 is 0 Å². The molecule has 0 spiro atoms. The highest BCUT2D eigenvalue weighted by molar-refractivity contribution is 5.83. The fraction of sp³-hybridized carbons (Fsp3) is 0.750. The number of esters is 2. The van der Waals surface area contributed by atoms with Crippen LogP contribution in [0.5, 0.6) is 0 Å². The summed E-state index contributed by atoms with van der Waals surface area (Å²) in [6.45, 7) is 4.13. The molecule has 0 aromatic heterocycles. The molecule has 3 aliphatic rings. The van der Waals surface area contributed by atoms with E-state index in [1.54, 1.807) is 6.08 Å². The summed E-state index contributed by atoms with van der Waals surface area (Å²) in [7, 11) is 0. The third-order valence-electron chi connectivity index (χ3n) is 5.91. The van der Waals surface area contributed by atoms with Crippen LogP contribution in [0.2, 0.25) is 0 Å². The van der Waals surface area contributed by atoms with Gasteiger partial charge in [-0.25, -0.2) is 4.79 Å². The second kappa shape index (κ2) is 5.26. The van der Waals surface area contributed by atoms with Crippen molar-refractivity contribution in [3.63, 3.8) is 0 Å². The van der Waals surface area contributed by atoms with Crippen molar-refractivity contribution in [2.75, 3.05) is 19.7 Å². The van der Waals surface area contributed by atoms with Gasteiger partial charge in [0.15, 0.2) is 17.7 Å². The second-order valence-electron chi connectivity index (χ2n) is 7.36. The number of cyclic esters (lactones) is 1. The van der Waals surface area contributed by atoms with Gasteiger partial charge in [-0.3, -0.25) is 4.79 Å². The Balaban J connectivity index is 2.00. The molecule has 2 N–H and O–H groups in total. The number of carbonyl (C=O) groups is 2. The largest absolute Gasteiger partial charge is 0.632 e. The molecule has 0 aromatic carbocycles. The van der Waals surface area contributed by atoms with Gasteiger partial charge in [-0.05, 0) is 26.8 Å². The van der Waals surface area contributed by atoms with Gasteiger partial charge in [0, 0.05) is 12.0 Å². The minimum absolute atomic E-state index is 0.0810. The SMILES string of the molecule is CC1C(=O)OCC2=CC[N+]3([O-])CCC(OC(=O)C(C)(O)C1(C)O)C23. The van der Waals surface area contributed by atoms with E-state index in [-0.39, 0.29) is 19.7 Å². The molecule has 3 aliphatic heterocycles. The number of nitrogens with zero attached hydrogens (tertiary/aromatic N) is 1. The first kappa shape index (κ1) is 17.3. The van der Waals surface area contributed by atoms with Gasteiger partial charge in [0.2, 0.25) is 0 Å². The summed E-state index contributed by atoms with van der Waals surface area (Å²) in [6.07, 6.45) is 1.38. The van der Waals surface area contributed by atoms with Gasteiger partial charge in [-0.1, -0.05) is 0 Å². The Kier molecular flexibility index (Phi) is 3.80. The van der Waals surface area contributed by atoms with E-state index >= 15 is 0 Å². The number of hydrogen-bond donors (Lipinski definition) is 2. The van der Waals surface area contributed by atoms with E-state index in [4.69, 9.17) is 9.47 Å². The van der Waals surface area contributed by atoms with E-state index in [0.717, 1.165) is 6.92 Å². The van der Waals surface area contributed by atoms with Crippen LogP contribution in [0, 0.1) is 11.1 Å². The van der Waals surface area contributed by atoms with Crippen LogP contribution in [-0.2, 0) is 19.1 Å². The maximum Gasteiger partial charge on any atom is 0.341 e. The molecule has 3 heterocycles. The Morgan fingerprint density at radius 2 is 2.00 bits per heavy atom. The Hall–Kier alpha value is -1.48. The van der Waals surface area contributed by atoms with E-state index in [1.165, 1.54) is 13.8 Å². The van der Waals surface area contributed by atoms with E-state index in [1.807, 2.05) is 0 Å². The third-order valence-corrected chi connectivity index (χ3v) is 5.91. The Morgan fingerprint density at radius 3 is 2.67 bits per heavy atom. The lowest BCUT2D eigenvalue weighted by atomic mass is 9.76. The van der Waals surface area contributed by atoms with Gasteiger partial charge in [0.1, 0.15) is 12.2 Å². The van der Waals surface area contributed by atoms with Crippen molar-refractivity contribution in [3.05, 3.63) is 16.9 Å². The maximum absolute atomic E-state index is 12.8. The fourth-order valence-electron chi connectivity index (χ4n) is 3.74. The van der Waals surface area contributed by atoms with Crippen molar-refractivity contribution in [2.24, 2.45) is 5.92 Å². The number of carbonyl (C=O) groups excluding carboxylic acids is 2. The summed E-state index contributed by atoms with van der Waals surface area (Å²) in [4.78, 5) is 24.7. The molecule has 0 radical (unpaired) electrons. The first-order valence-electron chi connectivity index (χ1n) is 8.10. The highest BCUT2D eigenvalue weighted by Gasteiger charge is 2.58. The number of ether oxygens (including phenoxy) is 2. The predicted octanol–water partition coefficient (Wildman–Crippen LogP) is -0.380. The van der Waals surface area contributed by atoms with Crippen LogP contribution in [-0.4, -0.2) is 69.8 Å². The van der Waals surface area contributed by atoms with Crippen molar-refractivity contribution in [1.29, 1.82) is 0 Å². The van der Waals surface area contributed by atoms with Gasteiger partial charge >= 0.3 is 11.9 Å². The Labute approximate surface area is 139 Å². The zero-order valence-corrected chi connectivity index (χ0v) is 14.0. The van der Waals surface area contributed by atoms with Gasteiger partial charge in [0.25, 0.3) is 0 Å². The van der Waals surface area contributed by atoms with Gasteiger partial charge in [-0.15, -0.1) is 0 Å². The number of quaternary nitrogens is 1. The molecular weight excluding hydrogens is 318 g/mol. The zero-order valence-electron chi connectivity index (χ0n) is 14.0. The van der Waals surface area contributed by atoms with Crippen LogP contribution in [0.3, 0.4) is 0 Å². The van der Waals surface area contributed by atoms with E-state index in [0.29, 0.717) is 12.0 Å². The summed E-state index contributed by atoms with van der Waals surface area (Å²) in [6, 6.07) is -0.629. The fourth-order valence-corrected chi connectivity index (χ4v) is 3.74. The first-order chi connectivity index (χ1) is 11.0. The minimum Gasteiger partial charge on any atom is -0.632 e. The molecule has 8 nitrogen and oxygen atoms in total. The van der Waals surface area contributed by atoms with Crippen LogP contribution in [0.4, 0.5) is 0 Å². The van der Waals surface area contributed by atoms with Crippen molar-refractivity contribution in [2.45, 2.75) is 50.5 Å². The zero-order chi connectivity index (χ0) is 17.9. The third kappa shape index (κ3) is 2.28. The van der Waals surface area contributed by atoms with Crippen LogP contribution in [0.15, 0.2) is 11.6 Å². The highest BCUT2D eigenvalue weighted by Crippen LogP contribution is 2.40. The van der Waals surface area contributed by atoms with Gasteiger partial charge in [0.05, 0.1) is 19.0 Å². The molecule has 0 saturated carbocycles. The summed E-state index contributed by atoms with van der Waals surface area (Å²) in [5.41, 5.74) is -3.78. The van der Waals surface area contributed by atoms with Crippen molar-refractivity contribution in [3.8, 4) is 0 Å². The molecule has 2 fully saturated rings. The summed E-state index contributed by atoms with van der Waals surface area (Å²) in [5.74, 6) is -2.95. The Bertz CT molecular complexity index is 612. The number of hydrogen-bond acceptors (Lipinski definition) is 7. The number of aliphatic hydroxyl groups is 2. The van der Waals surface area contributed by atoms with E-state index in [2.05, 4.69) is 0 Å². The lowest BCUT2D eigenvalue weighted by molar-refractivity contribution is -0.877. The molecule has 0 aliphatic carbocycles. The molecule has 6 unspecified atom stereocenters. The lowest BCUT2D eigenvalue weighted by Crippen LogP contribution is -2.61. The van der Waals surface area contributed by atoms with Crippen LogP contribution >= 0.6 is 0 Å². The van der Waals surface area contributed by atoms with Crippen molar-refractivity contribution in [1.82, 2.24) is 0 Å². The molecule has 0 bridgehead atoms. The first-order valence-corrected chi connectivity index (χ1v) is 8.10. The normalized spacial score (nSPS) is 48.9. The molecule has 0 aromatic rings. The highest BCUT2D eigenvalue weighted by atomic mass is 16.6. The molecule has 0 amide bonds. The van der Waals surface area contributed by atoms with Crippen LogP contribution in [0.25, 0.3) is 0 Å².